The van der Waals surface area contributed by atoms with Gasteiger partial charge in [-0.05, 0) is 32.0 Å². The Morgan fingerprint density at radius 2 is 1.77 bits per heavy atom. The number of fused-ring (bicyclic) bond motifs is 1. The molecule has 0 aliphatic carbocycles. The molecule has 1 aliphatic rings. The molecule has 0 bridgehead atoms. The standard InChI is InChI=1S/C20H16F7N7O/c1-17(7-35-18(2,16(28)34-17)20(25,26)27)14-10(21)3-4-12(32-14)33-15-13-11(30-8-31-15)5-9(6-29-13)19(22,23)24/h3-6,8H,7H2,1-2H3,(H2,28,34)(H,30,31,32,33). The van der Waals surface area contributed by atoms with Gasteiger partial charge in [0.15, 0.2) is 5.82 Å². The minimum atomic E-state index is -4.86. The van der Waals surface area contributed by atoms with Crippen LogP contribution >= 0.6 is 0 Å². The summed E-state index contributed by atoms with van der Waals surface area (Å²) in [6.45, 7) is 1.32. The highest BCUT2D eigenvalue weighted by atomic mass is 19.4. The highest BCUT2D eigenvalue weighted by Gasteiger charge is 2.59. The molecule has 35 heavy (non-hydrogen) atoms. The van der Waals surface area contributed by atoms with Crippen molar-refractivity contribution >= 4 is 28.5 Å². The Morgan fingerprint density at radius 3 is 2.40 bits per heavy atom. The molecule has 0 spiro atoms. The second kappa shape index (κ2) is 7.96. The van der Waals surface area contributed by atoms with Gasteiger partial charge in [-0.25, -0.2) is 19.3 Å². The van der Waals surface area contributed by atoms with Crippen LogP contribution in [0.1, 0.15) is 25.1 Å². The van der Waals surface area contributed by atoms with Crippen molar-refractivity contribution in [1.29, 1.82) is 0 Å². The van der Waals surface area contributed by atoms with Gasteiger partial charge >= 0.3 is 12.4 Å². The number of aliphatic imine (C=N–C) groups is 1. The number of rotatable bonds is 3. The van der Waals surface area contributed by atoms with Crippen molar-refractivity contribution in [2.75, 3.05) is 11.9 Å². The number of nitrogens with two attached hydrogens (primary N) is 1. The minimum Gasteiger partial charge on any atom is -0.385 e. The number of halogens is 7. The van der Waals surface area contributed by atoms with E-state index in [0.717, 1.165) is 18.5 Å². The number of amidine groups is 1. The molecule has 2 unspecified atom stereocenters. The van der Waals surface area contributed by atoms with Gasteiger partial charge in [-0.15, -0.1) is 0 Å². The van der Waals surface area contributed by atoms with Gasteiger partial charge in [-0.1, -0.05) is 0 Å². The summed E-state index contributed by atoms with van der Waals surface area (Å²) < 4.78 is 98.7. The number of ether oxygens (including phenoxy) is 1. The van der Waals surface area contributed by atoms with Crippen molar-refractivity contribution in [2.24, 2.45) is 10.7 Å². The first-order chi connectivity index (χ1) is 16.1. The molecule has 0 amide bonds. The molecule has 0 saturated carbocycles. The monoisotopic (exact) mass is 503 g/mol. The largest absolute Gasteiger partial charge is 0.424 e. The van der Waals surface area contributed by atoms with Crippen LogP contribution in [0.3, 0.4) is 0 Å². The number of nitrogens with zero attached hydrogens (tertiary/aromatic N) is 5. The van der Waals surface area contributed by atoms with Crippen molar-refractivity contribution in [3.05, 3.63) is 47.8 Å². The fourth-order valence-electron chi connectivity index (χ4n) is 3.31. The Balaban J connectivity index is 1.71. The van der Waals surface area contributed by atoms with Crippen molar-refractivity contribution in [1.82, 2.24) is 19.9 Å². The summed E-state index contributed by atoms with van der Waals surface area (Å²) in [7, 11) is 0. The highest BCUT2D eigenvalue weighted by molar-refractivity contribution is 5.90. The molecular formula is C20H16F7N7O. The summed E-state index contributed by atoms with van der Waals surface area (Å²) in [5.41, 5.74) is -0.513. The van der Waals surface area contributed by atoms with E-state index in [-0.39, 0.29) is 28.4 Å². The highest BCUT2D eigenvalue weighted by Crippen LogP contribution is 2.41. The quantitative estimate of drug-likeness (QED) is 0.515. The summed E-state index contributed by atoms with van der Waals surface area (Å²) in [5, 5.41) is 2.71. The predicted molar refractivity (Wildman–Crippen MR) is 109 cm³/mol. The first-order valence-electron chi connectivity index (χ1n) is 9.82. The van der Waals surface area contributed by atoms with Gasteiger partial charge in [-0.3, -0.25) is 9.98 Å². The van der Waals surface area contributed by atoms with E-state index in [1.54, 1.807) is 0 Å². The SMILES string of the molecule is CC1(c2nc(Nc3ncnc4cc(C(F)(F)F)cnc34)ccc2F)COC(C)(C(F)(F)F)C(N)=N1. The lowest BCUT2D eigenvalue weighted by molar-refractivity contribution is -0.249. The average Bonchev–Trinajstić information content (AvgIpc) is 2.76. The predicted octanol–water partition coefficient (Wildman–Crippen LogP) is 4.24. The third-order valence-electron chi connectivity index (χ3n) is 5.44. The van der Waals surface area contributed by atoms with E-state index in [2.05, 4.69) is 30.2 Å². The van der Waals surface area contributed by atoms with Crippen LogP contribution in [-0.4, -0.2) is 44.2 Å². The van der Waals surface area contributed by atoms with Gasteiger partial charge in [-0.2, -0.15) is 26.3 Å². The van der Waals surface area contributed by atoms with Crippen molar-refractivity contribution in [3.63, 3.8) is 0 Å². The lowest BCUT2D eigenvalue weighted by Gasteiger charge is -2.40. The molecule has 2 atom stereocenters. The molecule has 0 aromatic carbocycles. The van der Waals surface area contributed by atoms with Gasteiger partial charge in [0.2, 0.25) is 5.60 Å². The fourth-order valence-corrected chi connectivity index (χ4v) is 3.31. The molecule has 1 aliphatic heterocycles. The van der Waals surface area contributed by atoms with Crippen molar-refractivity contribution in [3.8, 4) is 0 Å². The number of hydrogen-bond donors (Lipinski definition) is 2. The Labute approximate surface area is 192 Å². The van der Waals surface area contributed by atoms with Crippen molar-refractivity contribution < 1.29 is 35.5 Å². The summed E-state index contributed by atoms with van der Waals surface area (Å²) in [6, 6.07) is 2.96. The average molecular weight is 503 g/mol. The molecule has 186 valence electrons. The lowest BCUT2D eigenvalue weighted by atomic mass is 9.93. The van der Waals surface area contributed by atoms with Gasteiger partial charge in [0.05, 0.1) is 17.7 Å². The van der Waals surface area contributed by atoms with Crippen LogP contribution in [-0.2, 0) is 16.5 Å². The van der Waals surface area contributed by atoms with E-state index in [1.807, 2.05) is 0 Å². The maximum atomic E-state index is 14.7. The zero-order chi connectivity index (χ0) is 25.8. The molecular weight excluding hydrogens is 487 g/mol. The van der Waals surface area contributed by atoms with Gasteiger partial charge in [0.25, 0.3) is 0 Å². The normalized spacial score (nSPS) is 23.3. The Morgan fingerprint density at radius 1 is 1.06 bits per heavy atom. The third-order valence-corrected chi connectivity index (χ3v) is 5.44. The Kier molecular flexibility index (Phi) is 5.58. The van der Waals surface area contributed by atoms with E-state index < -0.39 is 47.3 Å². The molecule has 3 N–H and O–H groups in total. The zero-order valence-corrected chi connectivity index (χ0v) is 18.0. The second-order valence-electron chi connectivity index (χ2n) is 8.05. The Hall–Kier alpha value is -3.62. The van der Waals surface area contributed by atoms with Crippen LogP contribution in [0, 0.1) is 5.82 Å². The van der Waals surface area contributed by atoms with Crippen LogP contribution in [0.5, 0.6) is 0 Å². The molecule has 0 radical (unpaired) electrons. The topological polar surface area (TPSA) is 111 Å². The van der Waals surface area contributed by atoms with Gasteiger partial charge < -0.3 is 15.8 Å². The summed E-state index contributed by atoms with van der Waals surface area (Å²) in [4.78, 5) is 19.4. The molecule has 4 heterocycles. The number of anilines is 2. The maximum absolute atomic E-state index is 14.7. The number of alkyl halides is 6. The molecule has 4 rings (SSSR count). The molecule has 3 aromatic rings. The summed E-state index contributed by atoms with van der Waals surface area (Å²) in [6.07, 6.45) is -7.88. The van der Waals surface area contributed by atoms with Crippen LogP contribution in [0.15, 0.2) is 35.7 Å². The van der Waals surface area contributed by atoms with Crippen LogP contribution in [0.2, 0.25) is 0 Å². The van der Waals surface area contributed by atoms with Crippen LogP contribution < -0.4 is 11.1 Å². The number of pyridine rings is 2. The third kappa shape index (κ3) is 4.31. The van der Waals surface area contributed by atoms with Gasteiger partial charge in [0.1, 0.15) is 40.5 Å². The van der Waals surface area contributed by atoms with Gasteiger partial charge in [0, 0.05) is 6.20 Å². The van der Waals surface area contributed by atoms with E-state index in [0.29, 0.717) is 13.1 Å². The number of hydrogen-bond acceptors (Lipinski definition) is 8. The van der Waals surface area contributed by atoms with Crippen LogP contribution in [0.25, 0.3) is 11.0 Å². The molecule has 0 fully saturated rings. The smallest absolute Gasteiger partial charge is 0.385 e. The maximum Gasteiger partial charge on any atom is 0.424 e. The minimum absolute atomic E-state index is 0.0244. The molecule has 8 nitrogen and oxygen atoms in total. The number of nitrogens with one attached hydrogen (secondary N) is 1. The number of aromatic nitrogens is 4. The molecule has 3 aromatic heterocycles. The van der Waals surface area contributed by atoms with Crippen LogP contribution in [0.4, 0.5) is 42.4 Å². The zero-order valence-electron chi connectivity index (χ0n) is 18.0. The fraction of sp³-hybridized carbons (Fsp3) is 0.350. The summed E-state index contributed by atoms with van der Waals surface area (Å²) >= 11 is 0. The first-order valence-corrected chi connectivity index (χ1v) is 9.82. The van der Waals surface area contributed by atoms with E-state index in [1.165, 1.54) is 13.0 Å². The van der Waals surface area contributed by atoms with E-state index in [4.69, 9.17) is 10.5 Å². The Bertz CT molecular complexity index is 1330. The first kappa shape index (κ1) is 24.5. The second-order valence-corrected chi connectivity index (χ2v) is 8.05. The van der Waals surface area contributed by atoms with Crippen molar-refractivity contribution in [2.45, 2.75) is 37.3 Å². The molecule has 15 heteroatoms. The lowest BCUT2D eigenvalue weighted by Crippen LogP contribution is -2.60. The molecule has 0 saturated heterocycles. The van der Waals surface area contributed by atoms with E-state index >= 15 is 0 Å². The summed E-state index contributed by atoms with van der Waals surface area (Å²) in [5.74, 6) is -1.87. The van der Waals surface area contributed by atoms with E-state index in [9.17, 15) is 30.7 Å².